The third kappa shape index (κ3) is 2.15. The van der Waals surface area contributed by atoms with E-state index >= 15 is 0 Å². The third-order valence-corrected chi connectivity index (χ3v) is 4.31. The molecule has 0 radical (unpaired) electrons. The zero-order valence-electron chi connectivity index (χ0n) is 11.2. The van der Waals surface area contributed by atoms with Gasteiger partial charge in [0.1, 0.15) is 6.10 Å². The predicted octanol–water partition coefficient (Wildman–Crippen LogP) is 2.63. The Bertz CT molecular complexity index is 450. The van der Waals surface area contributed by atoms with Crippen molar-refractivity contribution < 1.29 is 5.11 Å². The highest BCUT2D eigenvalue weighted by molar-refractivity contribution is 5.24. The molecule has 0 aliphatic heterocycles. The van der Waals surface area contributed by atoms with Crippen LogP contribution < -0.4 is 0 Å². The maximum absolute atomic E-state index is 10.6. The van der Waals surface area contributed by atoms with Gasteiger partial charge >= 0.3 is 0 Å². The van der Waals surface area contributed by atoms with Crippen LogP contribution in [0, 0.1) is 23.7 Å². The first-order chi connectivity index (χ1) is 8.60. The van der Waals surface area contributed by atoms with Crippen LogP contribution in [0.5, 0.6) is 0 Å². The highest BCUT2D eigenvalue weighted by Gasteiger charge is 2.40. The molecule has 1 aromatic heterocycles. The first kappa shape index (κ1) is 13.1. The molecule has 1 unspecified atom stereocenters. The summed E-state index contributed by atoms with van der Waals surface area (Å²) in [6.07, 6.45) is 6.97. The van der Waals surface area contributed by atoms with Crippen molar-refractivity contribution in [3.05, 3.63) is 17.5 Å². The minimum atomic E-state index is -0.714. The molecule has 1 aliphatic carbocycles. The molecule has 1 aromatic rings. The van der Waals surface area contributed by atoms with Gasteiger partial charge in [0.05, 0.1) is 17.7 Å². The van der Waals surface area contributed by atoms with E-state index in [1.807, 2.05) is 14.0 Å². The van der Waals surface area contributed by atoms with E-state index in [0.717, 1.165) is 36.9 Å². The number of nitriles is 1. The van der Waals surface area contributed by atoms with E-state index in [1.54, 1.807) is 10.9 Å². The van der Waals surface area contributed by atoms with Gasteiger partial charge < -0.3 is 5.11 Å². The zero-order chi connectivity index (χ0) is 13.2. The molecule has 0 aromatic carbocycles. The predicted molar refractivity (Wildman–Crippen MR) is 68.7 cm³/mol. The molecule has 1 heterocycles. The fraction of sp³-hybridized carbons (Fsp3) is 0.714. The highest BCUT2D eigenvalue weighted by Crippen LogP contribution is 2.45. The van der Waals surface area contributed by atoms with Crippen LogP contribution in [0.4, 0.5) is 0 Å². The van der Waals surface area contributed by atoms with Crippen molar-refractivity contribution >= 4 is 0 Å². The molecule has 4 nitrogen and oxygen atoms in total. The molecule has 4 heteroatoms. The van der Waals surface area contributed by atoms with Gasteiger partial charge in [-0.2, -0.15) is 10.4 Å². The van der Waals surface area contributed by atoms with Crippen molar-refractivity contribution in [3.8, 4) is 6.07 Å². The van der Waals surface area contributed by atoms with Crippen LogP contribution in [0.1, 0.15) is 55.9 Å². The summed E-state index contributed by atoms with van der Waals surface area (Å²) in [5.41, 5.74) is 1.13. The average Bonchev–Trinajstić information content (AvgIpc) is 2.61. The molecule has 1 atom stereocenters. The monoisotopic (exact) mass is 247 g/mol. The zero-order valence-corrected chi connectivity index (χ0v) is 11.2. The van der Waals surface area contributed by atoms with Crippen molar-refractivity contribution in [3.63, 3.8) is 0 Å². The van der Waals surface area contributed by atoms with Gasteiger partial charge in [0.2, 0.25) is 0 Å². The average molecular weight is 247 g/mol. The van der Waals surface area contributed by atoms with Crippen LogP contribution in [0.2, 0.25) is 0 Å². The molecule has 1 fully saturated rings. The Balaban J connectivity index is 2.32. The molecule has 2 rings (SSSR count). The van der Waals surface area contributed by atoms with Crippen molar-refractivity contribution in [1.29, 1.82) is 5.26 Å². The second-order valence-corrected chi connectivity index (χ2v) is 5.39. The summed E-state index contributed by atoms with van der Waals surface area (Å²) >= 11 is 0. The normalized spacial score (nSPS) is 21.0. The van der Waals surface area contributed by atoms with Gasteiger partial charge in [0.25, 0.3) is 0 Å². The van der Waals surface area contributed by atoms with E-state index in [4.69, 9.17) is 0 Å². The Morgan fingerprint density at radius 2 is 2.00 bits per heavy atom. The minimum absolute atomic E-state index is 0.621. The molecular formula is C14H21N3O. The first-order valence-corrected chi connectivity index (χ1v) is 6.68. The second kappa shape index (κ2) is 5.11. The molecular weight excluding hydrogens is 226 g/mol. The number of aliphatic hydroxyl groups is 1. The number of hydrogen-bond donors (Lipinski definition) is 1. The topological polar surface area (TPSA) is 61.8 Å². The third-order valence-electron chi connectivity index (χ3n) is 4.31. The maximum atomic E-state index is 10.6. The van der Waals surface area contributed by atoms with E-state index in [2.05, 4.69) is 11.2 Å². The van der Waals surface area contributed by atoms with Gasteiger partial charge in [-0.1, -0.05) is 25.7 Å². The highest BCUT2D eigenvalue weighted by atomic mass is 16.3. The van der Waals surface area contributed by atoms with Crippen LogP contribution in [0.25, 0.3) is 0 Å². The first-order valence-electron chi connectivity index (χ1n) is 6.68. The van der Waals surface area contributed by atoms with E-state index in [0.29, 0.717) is 0 Å². The molecule has 0 bridgehead atoms. The summed E-state index contributed by atoms with van der Waals surface area (Å²) in [6, 6.07) is 2.41. The van der Waals surface area contributed by atoms with Gasteiger partial charge in [-0.25, -0.2) is 0 Å². The molecule has 0 amide bonds. The molecule has 1 N–H and O–H groups in total. The van der Waals surface area contributed by atoms with Gasteiger partial charge in [0.15, 0.2) is 0 Å². The Kier molecular flexibility index (Phi) is 3.72. The second-order valence-electron chi connectivity index (χ2n) is 5.39. The van der Waals surface area contributed by atoms with Crippen LogP contribution in [-0.2, 0) is 7.05 Å². The summed E-state index contributed by atoms with van der Waals surface area (Å²) in [5, 5.41) is 24.4. The molecule has 1 saturated carbocycles. The summed E-state index contributed by atoms with van der Waals surface area (Å²) in [7, 11) is 1.86. The van der Waals surface area contributed by atoms with Crippen molar-refractivity contribution in [1.82, 2.24) is 9.78 Å². The van der Waals surface area contributed by atoms with E-state index in [9.17, 15) is 10.4 Å². The van der Waals surface area contributed by atoms with Crippen LogP contribution in [0.3, 0.4) is 0 Å². The summed E-state index contributed by atoms with van der Waals surface area (Å²) in [5.74, 6) is 0. The fourth-order valence-corrected chi connectivity index (χ4v) is 2.89. The van der Waals surface area contributed by atoms with E-state index < -0.39 is 11.5 Å². The van der Waals surface area contributed by atoms with Crippen molar-refractivity contribution in [2.24, 2.45) is 12.5 Å². The summed E-state index contributed by atoms with van der Waals surface area (Å²) in [4.78, 5) is 0. The van der Waals surface area contributed by atoms with Crippen molar-refractivity contribution in [2.45, 2.75) is 51.6 Å². The molecule has 98 valence electrons. The number of rotatable bonds is 2. The number of hydrogen-bond acceptors (Lipinski definition) is 3. The minimum Gasteiger partial charge on any atom is -0.387 e. The quantitative estimate of drug-likeness (QED) is 0.817. The molecule has 1 aliphatic rings. The number of aliphatic hydroxyl groups excluding tert-OH is 1. The summed E-state index contributed by atoms with van der Waals surface area (Å²) < 4.78 is 1.75. The van der Waals surface area contributed by atoms with Crippen molar-refractivity contribution in [2.75, 3.05) is 0 Å². The van der Waals surface area contributed by atoms with Gasteiger partial charge in [-0.3, -0.25) is 4.68 Å². The Hall–Kier alpha value is -1.34. The maximum Gasteiger partial charge on any atom is 0.101 e. The lowest BCUT2D eigenvalue weighted by molar-refractivity contribution is 0.0510. The lowest BCUT2D eigenvalue weighted by Gasteiger charge is -2.30. The van der Waals surface area contributed by atoms with Crippen LogP contribution in [0.15, 0.2) is 6.20 Å². The van der Waals surface area contributed by atoms with Crippen LogP contribution in [-0.4, -0.2) is 14.9 Å². The van der Waals surface area contributed by atoms with Gasteiger partial charge in [0, 0.05) is 18.3 Å². The SMILES string of the molecule is Cc1c(C(O)C2(C#N)CCCCCC2)cnn1C. The Labute approximate surface area is 108 Å². The van der Waals surface area contributed by atoms with E-state index in [1.165, 1.54) is 12.8 Å². The number of nitrogens with zero attached hydrogens (tertiary/aromatic N) is 3. The standard InChI is InChI=1S/C14H21N3O/c1-11-12(9-16-17(11)2)13(18)14(10-15)7-5-3-4-6-8-14/h9,13,18H,3-8H2,1-2H3. The number of aryl methyl sites for hydroxylation is 1. The molecule has 18 heavy (non-hydrogen) atoms. The smallest absolute Gasteiger partial charge is 0.101 e. The Morgan fingerprint density at radius 1 is 1.39 bits per heavy atom. The molecule has 0 saturated heterocycles. The lowest BCUT2D eigenvalue weighted by atomic mass is 9.74. The Morgan fingerprint density at radius 3 is 2.44 bits per heavy atom. The van der Waals surface area contributed by atoms with Gasteiger partial charge in [-0.15, -0.1) is 0 Å². The molecule has 0 spiro atoms. The number of aromatic nitrogens is 2. The van der Waals surface area contributed by atoms with Gasteiger partial charge in [-0.05, 0) is 19.8 Å². The van der Waals surface area contributed by atoms with Crippen LogP contribution >= 0.6 is 0 Å². The summed E-state index contributed by atoms with van der Waals surface area (Å²) in [6.45, 7) is 1.94. The fourth-order valence-electron chi connectivity index (χ4n) is 2.89. The van der Waals surface area contributed by atoms with E-state index in [-0.39, 0.29) is 0 Å². The largest absolute Gasteiger partial charge is 0.387 e. The lowest BCUT2D eigenvalue weighted by Crippen LogP contribution is -2.27.